The van der Waals surface area contributed by atoms with Crippen LogP contribution < -0.4 is 0 Å². The Labute approximate surface area is 119 Å². The molecular weight excluding hydrogens is 244 g/mol. The van der Waals surface area contributed by atoms with Gasteiger partial charge in [0, 0.05) is 11.8 Å². The summed E-state index contributed by atoms with van der Waals surface area (Å²) in [5, 5.41) is 0. The quantitative estimate of drug-likeness (QED) is 0.681. The van der Waals surface area contributed by atoms with E-state index in [0.717, 1.165) is 28.2 Å². The molecular formula is C18H16N2. The maximum absolute atomic E-state index is 4.79. The van der Waals surface area contributed by atoms with Crippen molar-refractivity contribution in [2.45, 2.75) is 13.8 Å². The maximum Gasteiger partial charge on any atom is 0.0922 e. The minimum atomic E-state index is 0.916. The van der Waals surface area contributed by atoms with E-state index in [2.05, 4.69) is 55.2 Å². The average Bonchev–Trinajstić information content (AvgIpc) is 2.48. The van der Waals surface area contributed by atoms with Crippen molar-refractivity contribution in [2.75, 3.05) is 0 Å². The molecule has 2 heterocycles. The van der Waals surface area contributed by atoms with Gasteiger partial charge in [0.05, 0.1) is 17.1 Å². The van der Waals surface area contributed by atoms with Crippen molar-refractivity contribution in [3.63, 3.8) is 0 Å². The summed E-state index contributed by atoms with van der Waals surface area (Å²) in [7, 11) is 0. The molecule has 2 heteroatoms. The normalized spacial score (nSPS) is 10.5. The SMILES string of the molecule is Cc1cccc(-c2ccc(C)c(-c3ccccn3)n2)c1. The molecule has 3 aromatic rings. The lowest BCUT2D eigenvalue weighted by molar-refractivity contribution is 1.21. The van der Waals surface area contributed by atoms with E-state index in [0.29, 0.717) is 0 Å². The zero-order valence-electron chi connectivity index (χ0n) is 11.7. The number of hydrogen-bond acceptors (Lipinski definition) is 2. The number of hydrogen-bond donors (Lipinski definition) is 0. The van der Waals surface area contributed by atoms with Crippen LogP contribution in [0.2, 0.25) is 0 Å². The van der Waals surface area contributed by atoms with Crippen molar-refractivity contribution in [3.05, 3.63) is 71.9 Å². The lowest BCUT2D eigenvalue weighted by atomic mass is 10.1. The van der Waals surface area contributed by atoms with E-state index in [9.17, 15) is 0 Å². The van der Waals surface area contributed by atoms with Gasteiger partial charge in [-0.25, -0.2) is 4.98 Å². The van der Waals surface area contributed by atoms with Crippen LogP contribution in [-0.2, 0) is 0 Å². The minimum Gasteiger partial charge on any atom is -0.255 e. The average molecular weight is 260 g/mol. The summed E-state index contributed by atoms with van der Waals surface area (Å²) in [6.07, 6.45) is 1.80. The molecule has 0 aliphatic carbocycles. The number of aromatic nitrogens is 2. The molecule has 2 aromatic heterocycles. The first kappa shape index (κ1) is 12.5. The first-order valence-electron chi connectivity index (χ1n) is 6.70. The molecule has 0 aliphatic rings. The summed E-state index contributed by atoms with van der Waals surface area (Å²) in [6.45, 7) is 4.16. The molecule has 0 saturated heterocycles. The lowest BCUT2D eigenvalue weighted by Gasteiger charge is -2.08. The molecule has 0 amide bonds. The Balaban J connectivity index is 2.12. The van der Waals surface area contributed by atoms with Crippen LogP contribution in [0.25, 0.3) is 22.6 Å². The van der Waals surface area contributed by atoms with Gasteiger partial charge in [-0.2, -0.15) is 0 Å². The molecule has 0 aliphatic heterocycles. The lowest BCUT2D eigenvalue weighted by Crippen LogP contribution is -1.93. The maximum atomic E-state index is 4.79. The molecule has 0 fully saturated rings. The largest absolute Gasteiger partial charge is 0.255 e. The van der Waals surface area contributed by atoms with Crippen LogP contribution in [0.1, 0.15) is 11.1 Å². The highest BCUT2D eigenvalue weighted by Gasteiger charge is 2.07. The van der Waals surface area contributed by atoms with E-state index in [4.69, 9.17) is 4.98 Å². The van der Waals surface area contributed by atoms with Crippen LogP contribution in [-0.4, -0.2) is 9.97 Å². The Morgan fingerprint density at radius 2 is 1.70 bits per heavy atom. The highest BCUT2D eigenvalue weighted by Crippen LogP contribution is 2.24. The van der Waals surface area contributed by atoms with E-state index in [1.807, 2.05) is 18.2 Å². The van der Waals surface area contributed by atoms with Gasteiger partial charge in [-0.15, -0.1) is 0 Å². The van der Waals surface area contributed by atoms with Gasteiger partial charge >= 0.3 is 0 Å². The highest BCUT2D eigenvalue weighted by atomic mass is 14.8. The van der Waals surface area contributed by atoms with Gasteiger partial charge in [0.25, 0.3) is 0 Å². The van der Waals surface area contributed by atoms with Gasteiger partial charge < -0.3 is 0 Å². The third kappa shape index (κ3) is 2.45. The van der Waals surface area contributed by atoms with E-state index in [-0.39, 0.29) is 0 Å². The van der Waals surface area contributed by atoms with Crippen LogP contribution in [0.3, 0.4) is 0 Å². The Morgan fingerprint density at radius 1 is 0.800 bits per heavy atom. The van der Waals surface area contributed by atoms with Crippen molar-refractivity contribution in [2.24, 2.45) is 0 Å². The van der Waals surface area contributed by atoms with Gasteiger partial charge in [0.1, 0.15) is 0 Å². The summed E-state index contributed by atoms with van der Waals surface area (Å²) >= 11 is 0. The fourth-order valence-electron chi connectivity index (χ4n) is 2.26. The van der Waals surface area contributed by atoms with Crippen LogP contribution >= 0.6 is 0 Å². The number of rotatable bonds is 2. The van der Waals surface area contributed by atoms with Gasteiger partial charge in [-0.1, -0.05) is 35.9 Å². The van der Waals surface area contributed by atoms with Gasteiger partial charge in [0.15, 0.2) is 0 Å². The highest BCUT2D eigenvalue weighted by molar-refractivity contribution is 5.66. The van der Waals surface area contributed by atoms with E-state index in [1.165, 1.54) is 5.56 Å². The predicted molar refractivity (Wildman–Crippen MR) is 82.4 cm³/mol. The molecule has 0 atom stereocenters. The fraction of sp³-hybridized carbons (Fsp3) is 0.111. The monoisotopic (exact) mass is 260 g/mol. The van der Waals surface area contributed by atoms with Crippen molar-refractivity contribution < 1.29 is 0 Å². The molecule has 1 aromatic carbocycles. The van der Waals surface area contributed by atoms with Gasteiger partial charge in [-0.05, 0) is 43.7 Å². The minimum absolute atomic E-state index is 0.916. The van der Waals surface area contributed by atoms with Crippen LogP contribution in [0.4, 0.5) is 0 Å². The first-order chi connectivity index (χ1) is 9.74. The molecule has 3 rings (SSSR count). The summed E-state index contributed by atoms with van der Waals surface area (Å²) in [4.78, 5) is 9.19. The molecule has 20 heavy (non-hydrogen) atoms. The molecule has 0 saturated carbocycles. The molecule has 2 nitrogen and oxygen atoms in total. The van der Waals surface area contributed by atoms with Crippen LogP contribution in [0.5, 0.6) is 0 Å². The van der Waals surface area contributed by atoms with Crippen LogP contribution in [0.15, 0.2) is 60.8 Å². The molecule has 98 valence electrons. The van der Waals surface area contributed by atoms with Crippen molar-refractivity contribution in [3.8, 4) is 22.6 Å². The molecule has 0 spiro atoms. The zero-order chi connectivity index (χ0) is 13.9. The van der Waals surface area contributed by atoms with E-state index in [1.54, 1.807) is 6.20 Å². The third-order valence-corrected chi connectivity index (χ3v) is 3.32. The smallest absolute Gasteiger partial charge is 0.0922 e. The van der Waals surface area contributed by atoms with Gasteiger partial charge in [-0.3, -0.25) is 4.98 Å². The summed E-state index contributed by atoms with van der Waals surface area (Å²) in [5.41, 5.74) is 6.37. The topological polar surface area (TPSA) is 25.8 Å². The molecule has 0 bridgehead atoms. The number of nitrogens with zero attached hydrogens (tertiary/aromatic N) is 2. The Hall–Kier alpha value is -2.48. The number of aryl methyl sites for hydroxylation is 2. The summed E-state index contributed by atoms with van der Waals surface area (Å²) in [6, 6.07) is 18.5. The van der Waals surface area contributed by atoms with Crippen molar-refractivity contribution in [1.29, 1.82) is 0 Å². The molecule has 0 N–H and O–H groups in total. The van der Waals surface area contributed by atoms with E-state index < -0.39 is 0 Å². The second kappa shape index (κ2) is 5.25. The van der Waals surface area contributed by atoms with E-state index >= 15 is 0 Å². The standard InChI is InChI=1S/C18H16N2/c1-13-6-5-7-15(12-13)16-10-9-14(2)18(20-16)17-8-3-4-11-19-17/h3-12H,1-2H3. The first-order valence-corrected chi connectivity index (χ1v) is 6.70. The summed E-state index contributed by atoms with van der Waals surface area (Å²) < 4.78 is 0. The van der Waals surface area contributed by atoms with Crippen molar-refractivity contribution in [1.82, 2.24) is 9.97 Å². The van der Waals surface area contributed by atoms with Crippen molar-refractivity contribution >= 4 is 0 Å². The molecule has 0 radical (unpaired) electrons. The third-order valence-electron chi connectivity index (χ3n) is 3.32. The fourth-order valence-corrected chi connectivity index (χ4v) is 2.26. The number of pyridine rings is 2. The Morgan fingerprint density at radius 3 is 2.45 bits per heavy atom. The van der Waals surface area contributed by atoms with Crippen LogP contribution in [0, 0.1) is 13.8 Å². The Kier molecular flexibility index (Phi) is 3.30. The zero-order valence-corrected chi connectivity index (χ0v) is 11.7. The second-order valence-corrected chi connectivity index (χ2v) is 4.95. The number of benzene rings is 1. The second-order valence-electron chi connectivity index (χ2n) is 4.95. The predicted octanol–water partition coefficient (Wildman–Crippen LogP) is 4.43. The Bertz CT molecular complexity index is 733. The summed E-state index contributed by atoms with van der Waals surface area (Å²) in [5.74, 6) is 0. The molecule has 0 unspecified atom stereocenters. The van der Waals surface area contributed by atoms with Gasteiger partial charge in [0.2, 0.25) is 0 Å².